The molecule has 1 saturated heterocycles. The molecule has 1 N–H and O–H groups in total. The molecule has 2 nitrogen and oxygen atoms in total. The standard InChI is InChI=1S/C14H27NOS/c1-4-11-5-6-12(15-3)14(9-11)17-13-7-8-16-10(13)2/h10-15H,4-9H2,1-3H3. The van der Waals surface area contributed by atoms with Crippen molar-refractivity contribution in [2.75, 3.05) is 13.7 Å². The Hall–Kier alpha value is 0.270. The van der Waals surface area contributed by atoms with Crippen molar-refractivity contribution in [3.8, 4) is 0 Å². The van der Waals surface area contributed by atoms with E-state index in [0.717, 1.165) is 29.1 Å². The maximum atomic E-state index is 5.69. The molecular weight excluding hydrogens is 230 g/mol. The molecule has 1 aliphatic carbocycles. The highest BCUT2D eigenvalue weighted by Gasteiger charge is 2.34. The van der Waals surface area contributed by atoms with Crippen molar-refractivity contribution in [1.82, 2.24) is 5.32 Å². The van der Waals surface area contributed by atoms with Crippen molar-refractivity contribution in [2.45, 2.75) is 68.6 Å². The van der Waals surface area contributed by atoms with Crippen LogP contribution in [0.3, 0.4) is 0 Å². The van der Waals surface area contributed by atoms with E-state index in [2.05, 4.69) is 38.0 Å². The molecule has 5 unspecified atom stereocenters. The molecule has 0 aromatic carbocycles. The summed E-state index contributed by atoms with van der Waals surface area (Å²) in [4.78, 5) is 0. The largest absolute Gasteiger partial charge is 0.377 e. The number of rotatable bonds is 4. The average Bonchev–Trinajstić information content (AvgIpc) is 2.75. The van der Waals surface area contributed by atoms with Crippen LogP contribution in [0.2, 0.25) is 0 Å². The Balaban J connectivity index is 1.90. The molecule has 100 valence electrons. The van der Waals surface area contributed by atoms with Crippen LogP contribution in [0.4, 0.5) is 0 Å². The van der Waals surface area contributed by atoms with Gasteiger partial charge in [0.2, 0.25) is 0 Å². The molecule has 0 amide bonds. The van der Waals surface area contributed by atoms with Crippen LogP contribution in [-0.4, -0.2) is 36.3 Å². The summed E-state index contributed by atoms with van der Waals surface area (Å²) < 4.78 is 5.69. The average molecular weight is 257 g/mol. The lowest BCUT2D eigenvalue weighted by atomic mass is 9.84. The molecule has 0 bridgehead atoms. The third-order valence-corrected chi connectivity index (χ3v) is 6.34. The molecule has 2 rings (SSSR count). The van der Waals surface area contributed by atoms with Crippen LogP contribution in [0, 0.1) is 5.92 Å². The number of nitrogens with one attached hydrogen (secondary N) is 1. The van der Waals surface area contributed by atoms with Crippen LogP contribution in [0.1, 0.15) is 46.0 Å². The van der Waals surface area contributed by atoms with E-state index in [1.165, 1.54) is 32.1 Å². The molecule has 0 radical (unpaired) electrons. The van der Waals surface area contributed by atoms with Gasteiger partial charge in [-0.3, -0.25) is 0 Å². The molecule has 2 aliphatic rings. The zero-order chi connectivity index (χ0) is 12.3. The Morgan fingerprint density at radius 2 is 2.06 bits per heavy atom. The molecular formula is C14H27NOS. The normalized spacial score (nSPS) is 42.9. The van der Waals surface area contributed by atoms with Gasteiger partial charge in [-0.05, 0) is 45.6 Å². The van der Waals surface area contributed by atoms with Crippen LogP contribution >= 0.6 is 11.8 Å². The Morgan fingerprint density at radius 1 is 1.24 bits per heavy atom. The minimum absolute atomic E-state index is 0.458. The minimum Gasteiger partial charge on any atom is -0.377 e. The lowest BCUT2D eigenvalue weighted by Gasteiger charge is -2.37. The number of thioether (sulfide) groups is 1. The van der Waals surface area contributed by atoms with Gasteiger partial charge in [-0.25, -0.2) is 0 Å². The SMILES string of the molecule is CCC1CCC(NC)C(SC2CCOC2C)C1. The summed E-state index contributed by atoms with van der Waals surface area (Å²) in [6, 6.07) is 0.718. The fourth-order valence-corrected chi connectivity index (χ4v) is 5.00. The van der Waals surface area contributed by atoms with Crippen LogP contribution in [0.15, 0.2) is 0 Å². The third kappa shape index (κ3) is 3.39. The maximum Gasteiger partial charge on any atom is 0.0666 e. The van der Waals surface area contributed by atoms with Crippen molar-refractivity contribution in [1.29, 1.82) is 0 Å². The first-order valence-electron chi connectivity index (χ1n) is 7.19. The summed E-state index contributed by atoms with van der Waals surface area (Å²) in [5, 5.41) is 5.05. The highest BCUT2D eigenvalue weighted by atomic mass is 32.2. The van der Waals surface area contributed by atoms with Crippen LogP contribution < -0.4 is 5.32 Å². The smallest absolute Gasteiger partial charge is 0.0666 e. The molecule has 0 spiro atoms. The second kappa shape index (κ2) is 6.44. The molecule has 2 fully saturated rings. The van der Waals surface area contributed by atoms with E-state index in [1.807, 2.05) is 0 Å². The lowest BCUT2D eigenvalue weighted by Crippen LogP contribution is -2.42. The predicted molar refractivity (Wildman–Crippen MR) is 75.7 cm³/mol. The Labute approximate surface area is 110 Å². The van der Waals surface area contributed by atoms with Gasteiger partial charge in [-0.1, -0.05) is 13.3 Å². The van der Waals surface area contributed by atoms with E-state index in [0.29, 0.717) is 6.10 Å². The number of hydrogen-bond acceptors (Lipinski definition) is 3. The second-order valence-electron chi connectivity index (χ2n) is 5.56. The lowest BCUT2D eigenvalue weighted by molar-refractivity contribution is 0.127. The summed E-state index contributed by atoms with van der Waals surface area (Å²) >= 11 is 2.20. The van der Waals surface area contributed by atoms with Crippen LogP contribution in [0.5, 0.6) is 0 Å². The first-order chi connectivity index (χ1) is 8.24. The molecule has 0 aromatic heterocycles. The highest BCUT2D eigenvalue weighted by molar-refractivity contribution is 8.00. The van der Waals surface area contributed by atoms with Gasteiger partial charge in [-0.15, -0.1) is 0 Å². The zero-order valence-corrected chi connectivity index (χ0v) is 12.3. The van der Waals surface area contributed by atoms with Crippen molar-refractivity contribution in [2.24, 2.45) is 5.92 Å². The minimum atomic E-state index is 0.458. The molecule has 1 aliphatic heterocycles. The predicted octanol–water partition coefficient (Wildman–Crippen LogP) is 3.06. The summed E-state index contributed by atoms with van der Waals surface area (Å²) in [6.07, 6.45) is 7.22. The molecule has 1 saturated carbocycles. The van der Waals surface area contributed by atoms with E-state index in [4.69, 9.17) is 4.74 Å². The van der Waals surface area contributed by atoms with E-state index in [9.17, 15) is 0 Å². The summed E-state index contributed by atoms with van der Waals surface area (Å²) in [6.45, 7) is 5.54. The summed E-state index contributed by atoms with van der Waals surface area (Å²) in [7, 11) is 2.12. The first-order valence-corrected chi connectivity index (χ1v) is 8.13. The van der Waals surface area contributed by atoms with Gasteiger partial charge in [0.25, 0.3) is 0 Å². The Kier molecular flexibility index (Phi) is 5.19. The van der Waals surface area contributed by atoms with Gasteiger partial charge in [0.1, 0.15) is 0 Å². The summed E-state index contributed by atoms with van der Waals surface area (Å²) in [5.74, 6) is 0.953. The second-order valence-corrected chi connectivity index (χ2v) is 7.04. The van der Waals surface area contributed by atoms with Gasteiger partial charge >= 0.3 is 0 Å². The van der Waals surface area contributed by atoms with E-state index in [-0.39, 0.29) is 0 Å². The number of hydrogen-bond donors (Lipinski definition) is 1. The zero-order valence-electron chi connectivity index (χ0n) is 11.4. The van der Waals surface area contributed by atoms with Gasteiger partial charge in [-0.2, -0.15) is 11.8 Å². The Bertz CT molecular complexity index is 236. The van der Waals surface area contributed by atoms with Crippen molar-refractivity contribution in [3.63, 3.8) is 0 Å². The molecule has 5 atom stereocenters. The fraction of sp³-hybridized carbons (Fsp3) is 1.00. The third-order valence-electron chi connectivity index (χ3n) is 4.50. The highest BCUT2D eigenvalue weighted by Crippen LogP contribution is 2.39. The van der Waals surface area contributed by atoms with E-state index >= 15 is 0 Å². The Morgan fingerprint density at radius 3 is 2.65 bits per heavy atom. The molecule has 17 heavy (non-hydrogen) atoms. The maximum absolute atomic E-state index is 5.69. The van der Waals surface area contributed by atoms with Crippen LogP contribution in [0.25, 0.3) is 0 Å². The topological polar surface area (TPSA) is 21.3 Å². The van der Waals surface area contributed by atoms with E-state index < -0.39 is 0 Å². The van der Waals surface area contributed by atoms with Crippen molar-refractivity contribution < 1.29 is 4.74 Å². The molecule has 0 aromatic rings. The molecule has 1 heterocycles. The quantitative estimate of drug-likeness (QED) is 0.836. The fourth-order valence-electron chi connectivity index (χ4n) is 3.18. The number of ether oxygens (including phenoxy) is 1. The van der Waals surface area contributed by atoms with Gasteiger partial charge in [0, 0.05) is 23.1 Å². The van der Waals surface area contributed by atoms with Gasteiger partial charge in [0.15, 0.2) is 0 Å². The first kappa shape index (κ1) is 13.7. The van der Waals surface area contributed by atoms with E-state index in [1.54, 1.807) is 0 Å². The van der Waals surface area contributed by atoms with Crippen molar-refractivity contribution >= 4 is 11.8 Å². The molecule has 3 heteroatoms. The van der Waals surface area contributed by atoms with Gasteiger partial charge in [0.05, 0.1) is 6.10 Å². The van der Waals surface area contributed by atoms with Crippen molar-refractivity contribution in [3.05, 3.63) is 0 Å². The summed E-state index contributed by atoms with van der Waals surface area (Å²) in [5.41, 5.74) is 0. The van der Waals surface area contributed by atoms with Gasteiger partial charge < -0.3 is 10.1 Å². The monoisotopic (exact) mass is 257 g/mol. The van der Waals surface area contributed by atoms with Crippen LogP contribution in [-0.2, 0) is 4.74 Å².